The standard InChI is InChI=1S/C20H29NO6/c1-3-25-17-6-5-14(11-18(17)26-4-2)19(24)21-9-7-20(8-10-21)12-15(22)16(23)13-27-20/h5-6,11,15-16,22-23H,3-4,7-10,12-13H2,1-2H3/t15-,16+/m1/s1. The van der Waals surface area contributed by atoms with Gasteiger partial charge in [0.15, 0.2) is 11.5 Å². The molecule has 2 N–H and O–H groups in total. The zero-order valence-electron chi connectivity index (χ0n) is 16.0. The van der Waals surface area contributed by atoms with Gasteiger partial charge in [0.25, 0.3) is 5.91 Å². The second kappa shape index (κ2) is 8.46. The van der Waals surface area contributed by atoms with Gasteiger partial charge in [0.1, 0.15) is 6.10 Å². The van der Waals surface area contributed by atoms with Crippen molar-refractivity contribution < 1.29 is 29.2 Å². The normalized spacial score (nSPS) is 24.7. The third kappa shape index (κ3) is 4.36. The first-order valence-electron chi connectivity index (χ1n) is 9.67. The Morgan fingerprint density at radius 1 is 1.15 bits per heavy atom. The van der Waals surface area contributed by atoms with Gasteiger partial charge in [-0.05, 0) is 44.9 Å². The van der Waals surface area contributed by atoms with Crippen LogP contribution in [-0.2, 0) is 4.74 Å². The number of hydrogen-bond acceptors (Lipinski definition) is 6. The summed E-state index contributed by atoms with van der Waals surface area (Å²) in [6, 6.07) is 5.27. The molecule has 150 valence electrons. The minimum absolute atomic E-state index is 0.0507. The van der Waals surface area contributed by atoms with E-state index in [1.807, 2.05) is 13.8 Å². The highest BCUT2D eigenvalue weighted by Crippen LogP contribution is 2.36. The summed E-state index contributed by atoms with van der Waals surface area (Å²) >= 11 is 0. The van der Waals surface area contributed by atoms with Gasteiger partial charge in [0.2, 0.25) is 0 Å². The molecule has 2 heterocycles. The van der Waals surface area contributed by atoms with Gasteiger partial charge in [-0.1, -0.05) is 0 Å². The van der Waals surface area contributed by atoms with Crippen LogP contribution in [0.25, 0.3) is 0 Å². The molecule has 2 fully saturated rings. The van der Waals surface area contributed by atoms with Crippen LogP contribution in [0.2, 0.25) is 0 Å². The lowest BCUT2D eigenvalue weighted by Gasteiger charge is -2.46. The number of hydrogen-bond donors (Lipinski definition) is 2. The molecule has 1 amide bonds. The van der Waals surface area contributed by atoms with Crippen LogP contribution in [0.15, 0.2) is 18.2 Å². The molecule has 0 bridgehead atoms. The number of carbonyl (C=O) groups excluding carboxylic acids is 1. The molecule has 0 aliphatic carbocycles. The van der Waals surface area contributed by atoms with Gasteiger partial charge in [0.05, 0.1) is 31.5 Å². The summed E-state index contributed by atoms with van der Waals surface area (Å²) in [4.78, 5) is 14.7. The number of carbonyl (C=O) groups is 1. The first-order valence-corrected chi connectivity index (χ1v) is 9.67. The zero-order valence-corrected chi connectivity index (χ0v) is 16.0. The van der Waals surface area contributed by atoms with Gasteiger partial charge in [-0.15, -0.1) is 0 Å². The molecule has 2 aliphatic heterocycles. The van der Waals surface area contributed by atoms with Crippen molar-refractivity contribution in [3.05, 3.63) is 23.8 Å². The minimum atomic E-state index is -0.823. The smallest absolute Gasteiger partial charge is 0.253 e. The van der Waals surface area contributed by atoms with Crippen LogP contribution in [0, 0.1) is 0 Å². The van der Waals surface area contributed by atoms with E-state index in [0.717, 1.165) is 0 Å². The van der Waals surface area contributed by atoms with E-state index in [4.69, 9.17) is 14.2 Å². The number of aliphatic hydroxyl groups excluding tert-OH is 2. The van der Waals surface area contributed by atoms with Gasteiger partial charge in [-0.25, -0.2) is 0 Å². The van der Waals surface area contributed by atoms with E-state index in [2.05, 4.69) is 0 Å². The Morgan fingerprint density at radius 3 is 2.44 bits per heavy atom. The van der Waals surface area contributed by atoms with Crippen molar-refractivity contribution in [3.8, 4) is 11.5 Å². The van der Waals surface area contributed by atoms with Gasteiger partial charge in [0, 0.05) is 25.1 Å². The molecule has 2 atom stereocenters. The maximum absolute atomic E-state index is 12.9. The van der Waals surface area contributed by atoms with E-state index >= 15 is 0 Å². The van der Waals surface area contributed by atoms with Crippen molar-refractivity contribution in [3.63, 3.8) is 0 Å². The van der Waals surface area contributed by atoms with Crippen molar-refractivity contribution in [2.75, 3.05) is 32.9 Å². The molecule has 2 saturated heterocycles. The first-order chi connectivity index (χ1) is 13.0. The molecular formula is C20H29NO6. The predicted molar refractivity (Wildman–Crippen MR) is 99.2 cm³/mol. The summed E-state index contributed by atoms with van der Waals surface area (Å²) in [5, 5.41) is 19.6. The second-order valence-electron chi connectivity index (χ2n) is 7.15. The largest absolute Gasteiger partial charge is 0.490 e. The molecule has 1 aromatic rings. The maximum Gasteiger partial charge on any atom is 0.253 e. The van der Waals surface area contributed by atoms with Crippen molar-refractivity contribution in [1.29, 1.82) is 0 Å². The summed E-state index contributed by atoms with van der Waals surface area (Å²) in [6.45, 7) is 6.08. The molecule has 3 rings (SSSR count). The molecule has 1 aromatic carbocycles. The summed E-state index contributed by atoms with van der Waals surface area (Å²) < 4.78 is 17.0. The molecule has 0 radical (unpaired) electrons. The van der Waals surface area contributed by atoms with Crippen LogP contribution in [0.1, 0.15) is 43.5 Å². The molecule has 27 heavy (non-hydrogen) atoms. The molecule has 0 unspecified atom stereocenters. The van der Waals surface area contributed by atoms with E-state index in [1.165, 1.54) is 0 Å². The van der Waals surface area contributed by atoms with Crippen molar-refractivity contribution >= 4 is 5.91 Å². The van der Waals surface area contributed by atoms with Crippen molar-refractivity contribution in [2.45, 2.75) is 50.9 Å². The van der Waals surface area contributed by atoms with Crippen LogP contribution in [0.4, 0.5) is 0 Å². The Kier molecular flexibility index (Phi) is 6.24. The molecule has 2 aliphatic rings. The lowest BCUT2D eigenvalue weighted by atomic mass is 9.82. The number of rotatable bonds is 5. The summed E-state index contributed by atoms with van der Waals surface area (Å²) in [6.07, 6.45) is 0.126. The Labute approximate surface area is 159 Å². The Hall–Kier alpha value is -1.83. The third-order valence-electron chi connectivity index (χ3n) is 5.34. The highest BCUT2D eigenvalue weighted by Gasteiger charge is 2.43. The van der Waals surface area contributed by atoms with Crippen molar-refractivity contribution in [1.82, 2.24) is 4.90 Å². The summed E-state index contributed by atoms with van der Waals surface area (Å²) in [7, 11) is 0. The predicted octanol–water partition coefficient (Wildman–Crippen LogP) is 1.60. The highest BCUT2D eigenvalue weighted by molar-refractivity contribution is 5.95. The first kappa shape index (κ1) is 19.9. The van der Waals surface area contributed by atoms with Gasteiger partial charge in [-0.2, -0.15) is 0 Å². The molecule has 1 spiro atoms. The van der Waals surface area contributed by atoms with E-state index in [1.54, 1.807) is 23.1 Å². The number of aliphatic hydroxyl groups is 2. The van der Waals surface area contributed by atoms with Crippen molar-refractivity contribution in [2.24, 2.45) is 0 Å². The molecule has 7 nitrogen and oxygen atoms in total. The summed E-state index contributed by atoms with van der Waals surface area (Å²) in [5.41, 5.74) is 0.128. The van der Waals surface area contributed by atoms with E-state index < -0.39 is 17.8 Å². The van der Waals surface area contributed by atoms with E-state index in [9.17, 15) is 15.0 Å². The number of amides is 1. The highest BCUT2D eigenvalue weighted by atomic mass is 16.5. The molecule has 7 heteroatoms. The quantitative estimate of drug-likeness (QED) is 0.808. The Balaban J connectivity index is 1.66. The van der Waals surface area contributed by atoms with Gasteiger partial charge in [-0.3, -0.25) is 4.79 Å². The monoisotopic (exact) mass is 379 g/mol. The summed E-state index contributed by atoms with van der Waals surface area (Å²) in [5.74, 6) is 1.16. The van der Waals surface area contributed by atoms with Crippen LogP contribution >= 0.6 is 0 Å². The average Bonchev–Trinajstić information content (AvgIpc) is 2.67. The molecule has 0 saturated carbocycles. The van der Waals surface area contributed by atoms with Crippen LogP contribution in [0.5, 0.6) is 11.5 Å². The lowest BCUT2D eigenvalue weighted by molar-refractivity contribution is -0.185. The average molecular weight is 379 g/mol. The second-order valence-corrected chi connectivity index (χ2v) is 7.15. The fourth-order valence-corrected chi connectivity index (χ4v) is 3.78. The minimum Gasteiger partial charge on any atom is -0.490 e. The number of nitrogens with zero attached hydrogens (tertiary/aromatic N) is 1. The third-order valence-corrected chi connectivity index (χ3v) is 5.34. The fraction of sp³-hybridized carbons (Fsp3) is 0.650. The van der Waals surface area contributed by atoms with E-state index in [-0.39, 0.29) is 12.5 Å². The number of piperidine rings is 1. The van der Waals surface area contributed by atoms with Gasteiger partial charge >= 0.3 is 0 Å². The molecule has 0 aromatic heterocycles. The SMILES string of the molecule is CCOc1ccc(C(=O)N2CCC3(CC2)C[C@@H](O)[C@@H](O)CO3)cc1OCC. The van der Waals surface area contributed by atoms with Crippen LogP contribution < -0.4 is 9.47 Å². The van der Waals surface area contributed by atoms with E-state index in [0.29, 0.717) is 62.6 Å². The molecular weight excluding hydrogens is 350 g/mol. The number of benzene rings is 1. The van der Waals surface area contributed by atoms with Crippen LogP contribution in [0.3, 0.4) is 0 Å². The fourth-order valence-electron chi connectivity index (χ4n) is 3.78. The topological polar surface area (TPSA) is 88.5 Å². The Bertz CT molecular complexity index is 656. The number of ether oxygens (including phenoxy) is 3. The lowest BCUT2D eigenvalue weighted by Crippen LogP contribution is -2.55. The van der Waals surface area contributed by atoms with Crippen LogP contribution in [-0.4, -0.2) is 71.7 Å². The maximum atomic E-state index is 12.9. The van der Waals surface area contributed by atoms with Gasteiger partial charge < -0.3 is 29.3 Å². The zero-order chi connectivity index (χ0) is 19.4. The number of likely N-dealkylation sites (tertiary alicyclic amines) is 1. The Morgan fingerprint density at radius 2 is 1.81 bits per heavy atom.